The Morgan fingerprint density at radius 1 is 1.36 bits per heavy atom. The fraction of sp³-hybridized carbons (Fsp3) is 0.125. The van der Waals surface area contributed by atoms with Crippen molar-refractivity contribution in [2.24, 2.45) is 5.73 Å². The van der Waals surface area contributed by atoms with Gasteiger partial charge in [-0.05, 0) is 6.07 Å². The summed E-state index contributed by atoms with van der Waals surface area (Å²) in [5.41, 5.74) is 10.1. The first-order chi connectivity index (χ1) is 6.43. The third-order valence-electron chi connectivity index (χ3n) is 1.73. The number of halogens is 2. The third-order valence-corrected chi connectivity index (χ3v) is 1.73. The van der Waals surface area contributed by atoms with Crippen LogP contribution in [0.4, 0.5) is 14.5 Å². The minimum atomic E-state index is -1.45. The molecule has 76 valence electrons. The number of rotatable bonds is 2. The minimum absolute atomic E-state index is 0.142. The number of carboxylic acids is 1. The zero-order valence-electron chi connectivity index (χ0n) is 7.00. The van der Waals surface area contributed by atoms with Crippen LogP contribution in [-0.2, 0) is 4.79 Å². The molecule has 1 aromatic rings. The van der Waals surface area contributed by atoms with Crippen LogP contribution in [0, 0.1) is 11.6 Å². The SMILES string of the molecule is Nc1cc(F)c(F)cc1[C@@H](N)C(=O)O. The molecule has 1 aromatic carbocycles. The number of carboxylic acid groups (broad SMARTS) is 1. The highest BCUT2D eigenvalue weighted by atomic mass is 19.2. The molecule has 0 aliphatic heterocycles. The van der Waals surface area contributed by atoms with E-state index in [0.717, 1.165) is 0 Å². The van der Waals surface area contributed by atoms with Gasteiger partial charge in [0.25, 0.3) is 0 Å². The molecule has 5 N–H and O–H groups in total. The average molecular weight is 202 g/mol. The number of anilines is 1. The van der Waals surface area contributed by atoms with Gasteiger partial charge in [0.1, 0.15) is 6.04 Å². The summed E-state index contributed by atoms with van der Waals surface area (Å²) in [5.74, 6) is -3.67. The van der Waals surface area contributed by atoms with Gasteiger partial charge < -0.3 is 16.6 Å². The molecule has 6 heteroatoms. The fourth-order valence-corrected chi connectivity index (χ4v) is 0.980. The summed E-state index contributed by atoms with van der Waals surface area (Å²) in [4.78, 5) is 10.5. The van der Waals surface area contributed by atoms with Gasteiger partial charge in [0, 0.05) is 17.3 Å². The van der Waals surface area contributed by atoms with Crippen LogP contribution in [0.15, 0.2) is 12.1 Å². The maximum atomic E-state index is 12.7. The Kier molecular flexibility index (Phi) is 2.66. The van der Waals surface area contributed by atoms with E-state index in [0.29, 0.717) is 12.1 Å². The van der Waals surface area contributed by atoms with Gasteiger partial charge in [-0.25, -0.2) is 8.78 Å². The van der Waals surface area contributed by atoms with E-state index in [9.17, 15) is 13.6 Å². The van der Waals surface area contributed by atoms with Crippen LogP contribution >= 0.6 is 0 Å². The first-order valence-electron chi connectivity index (χ1n) is 3.66. The highest BCUT2D eigenvalue weighted by Crippen LogP contribution is 2.22. The summed E-state index contributed by atoms with van der Waals surface area (Å²) >= 11 is 0. The van der Waals surface area contributed by atoms with Gasteiger partial charge in [-0.15, -0.1) is 0 Å². The van der Waals surface area contributed by atoms with Crippen LogP contribution in [0.3, 0.4) is 0 Å². The Labute approximate surface area is 78.1 Å². The molecule has 0 unspecified atom stereocenters. The first-order valence-corrected chi connectivity index (χ1v) is 3.66. The lowest BCUT2D eigenvalue weighted by Gasteiger charge is -2.10. The molecule has 0 heterocycles. The van der Waals surface area contributed by atoms with Gasteiger partial charge >= 0.3 is 5.97 Å². The van der Waals surface area contributed by atoms with E-state index in [-0.39, 0.29) is 11.3 Å². The topological polar surface area (TPSA) is 89.3 Å². The predicted molar refractivity (Wildman–Crippen MR) is 45.3 cm³/mol. The van der Waals surface area contributed by atoms with Crippen molar-refractivity contribution in [3.63, 3.8) is 0 Å². The van der Waals surface area contributed by atoms with E-state index in [1.54, 1.807) is 0 Å². The molecule has 0 amide bonds. The van der Waals surface area contributed by atoms with Crippen molar-refractivity contribution in [3.05, 3.63) is 29.3 Å². The van der Waals surface area contributed by atoms with E-state index in [1.807, 2.05) is 0 Å². The van der Waals surface area contributed by atoms with E-state index in [2.05, 4.69) is 0 Å². The molecule has 1 rings (SSSR count). The number of carbonyl (C=O) groups is 1. The second-order valence-corrected chi connectivity index (χ2v) is 2.71. The molecule has 0 aromatic heterocycles. The molecule has 14 heavy (non-hydrogen) atoms. The molecule has 0 radical (unpaired) electrons. The first kappa shape index (κ1) is 10.4. The number of hydrogen-bond donors (Lipinski definition) is 3. The number of benzene rings is 1. The van der Waals surface area contributed by atoms with Crippen molar-refractivity contribution in [2.45, 2.75) is 6.04 Å². The van der Waals surface area contributed by atoms with E-state index >= 15 is 0 Å². The smallest absolute Gasteiger partial charge is 0.325 e. The van der Waals surface area contributed by atoms with E-state index in [1.165, 1.54) is 0 Å². The van der Waals surface area contributed by atoms with Gasteiger partial charge in [0.05, 0.1) is 0 Å². The normalized spacial score (nSPS) is 12.5. The molecule has 0 saturated heterocycles. The number of nitrogen functional groups attached to an aromatic ring is 1. The molecule has 0 saturated carbocycles. The Bertz CT molecular complexity index is 382. The Morgan fingerprint density at radius 2 is 1.86 bits per heavy atom. The molecule has 0 bridgehead atoms. The molecular formula is C8H8F2N2O2. The molecule has 0 spiro atoms. The van der Waals surface area contributed by atoms with Crippen LogP contribution in [0.1, 0.15) is 11.6 Å². The van der Waals surface area contributed by atoms with E-state index < -0.39 is 23.6 Å². The molecule has 1 atom stereocenters. The zero-order valence-corrected chi connectivity index (χ0v) is 7.00. The summed E-state index contributed by atoms with van der Waals surface area (Å²) in [6.45, 7) is 0. The van der Waals surface area contributed by atoms with Crippen molar-refractivity contribution in [1.82, 2.24) is 0 Å². The standard InChI is InChI=1S/C8H8F2N2O2/c9-4-1-3(7(12)8(13)14)6(11)2-5(4)10/h1-2,7H,11-12H2,(H,13,14)/t7-/m1/s1. The summed E-state index contributed by atoms with van der Waals surface area (Å²) in [7, 11) is 0. The molecule has 0 aliphatic rings. The van der Waals surface area contributed by atoms with Gasteiger partial charge in [-0.2, -0.15) is 0 Å². The maximum Gasteiger partial charge on any atom is 0.325 e. The van der Waals surface area contributed by atoms with Crippen LogP contribution in [-0.4, -0.2) is 11.1 Å². The summed E-state index contributed by atoms with van der Waals surface area (Å²) in [6.07, 6.45) is 0. The predicted octanol–water partition coefficient (Wildman–Crippen LogP) is 0.631. The van der Waals surface area contributed by atoms with Crippen LogP contribution < -0.4 is 11.5 Å². The fourth-order valence-electron chi connectivity index (χ4n) is 0.980. The zero-order chi connectivity index (χ0) is 10.9. The van der Waals surface area contributed by atoms with Gasteiger partial charge in [0.15, 0.2) is 11.6 Å². The Hall–Kier alpha value is -1.69. The lowest BCUT2D eigenvalue weighted by Crippen LogP contribution is -2.22. The maximum absolute atomic E-state index is 12.7. The highest BCUT2D eigenvalue weighted by Gasteiger charge is 2.19. The molecule has 0 fully saturated rings. The van der Waals surface area contributed by atoms with Crippen LogP contribution in [0.2, 0.25) is 0 Å². The molecule has 0 aliphatic carbocycles. The summed E-state index contributed by atoms with van der Waals surface area (Å²) in [6, 6.07) is -0.0678. The van der Waals surface area contributed by atoms with E-state index in [4.69, 9.17) is 16.6 Å². The van der Waals surface area contributed by atoms with Crippen molar-refractivity contribution >= 4 is 11.7 Å². The van der Waals surface area contributed by atoms with Crippen molar-refractivity contribution in [1.29, 1.82) is 0 Å². The second kappa shape index (κ2) is 3.59. The highest BCUT2D eigenvalue weighted by molar-refractivity contribution is 5.77. The average Bonchev–Trinajstić information content (AvgIpc) is 2.10. The third kappa shape index (κ3) is 1.80. The van der Waals surface area contributed by atoms with Crippen LogP contribution in [0.25, 0.3) is 0 Å². The van der Waals surface area contributed by atoms with Crippen molar-refractivity contribution in [3.8, 4) is 0 Å². The second-order valence-electron chi connectivity index (χ2n) is 2.71. The van der Waals surface area contributed by atoms with Crippen LogP contribution in [0.5, 0.6) is 0 Å². The number of hydrogen-bond acceptors (Lipinski definition) is 3. The monoisotopic (exact) mass is 202 g/mol. The molecular weight excluding hydrogens is 194 g/mol. The minimum Gasteiger partial charge on any atom is -0.480 e. The Morgan fingerprint density at radius 3 is 2.36 bits per heavy atom. The largest absolute Gasteiger partial charge is 0.480 e. The number of aliphatic carboxylic acids is 1. The number of nitrogens with two attached hydrogens (primary N) is 2. The Balaban J connectivity index is 3.22. The lowest BCUT2D eigenvalue weighted by molar-refractivity contribution is -0.138. The van der Waals surface area contributed by atoms with Gasteiger partial charge in [-0.3, -0.25) is 4.79 Å². The summed E-state index contributed by atoms with van der Waals surface area (Å²) in [5, 5.41) is 8.52. The van der Waals surface area contributed by atoms with Gasteiger partial charge in [-0.1, -0.05) is 0 Å². The van der Waals surface area contributed by atoms with Gasteiger partial charge in [0.2, 0.25) is 0 Å². The lowest BCUT2D eigenvalue weighted by atomic mass is 10.1. The van der Waals surface area contributed by atoms with Crippen molar-refractivity contribution < 1.29 is 18.7 Å². The molecule has 4 nitrogen and oxygen atoms in total. The van der Waals surface area contributed by atoms with Crippen molar-refractivity contribution in [2.75, 3.05) is 5.73 Å². The quantitative estimate of drug-likeness (QED) is 0.613. The summed E-state index contributed by atoms with van der Waals surface area (Å²) < 4.78 is 25.3.